The van der Waals surface area contributed by atoms with Crippen LogP contribution in [0.1, 0.15) is 63.5 Å². The number of nitrogens with one attached hydrogen (secondary N) is 2. The van der Waals surface area contributed by atoms with Gasteiger partial charge >= 0.3 is 6.30 Å². The van der Waals surface area contributed by atoms with Crippen molar-refractivity contribution in [1.82, 2.24) is 15.5 Å². The molecule has 3 atom stereocenters. The predicted octanol–water partition coefficient (Wildman–Crippen LogP) is 5.68. The molecule has 2 aliphatic rings. The molecule has 2 amide bonds. The Morgan fingerprint density at radius 3 is 2.29 bits per heavy atom. The molecule has 0 radical (unpaired) electrons. The molecule has 1 saturated carbocycles. The van der Waals surface area contributed by atoms with E-state index in [1.165, 1.54) is 24.3 Å². The summed E-state index contributed by atoms with van der Waals surface area (Å²) in [6.45, 7) is 2.26. The summed E-state index contributed by atoms with van der Waals surface area (Å²) in [5.41, 5.74) is 0.687. The Hall–Kier alpha value is -3.07. The molecule has 0 spiro atoms. The fourth-order valence-electron chi connectivity index (χ4n) is 5.70. The number of para-hydroxylation sites is 1. The Bertz CT molecular complexity index is 1090. The molecule has 1 aliphatic carbocycles. The highest BCUT2D eigenvalue weighted by atomic mass is 19.4. The molecule has 0 aromatic heterocycles. The van der Waals surface area contributed by atoms with E-state index in [4.69, 9.17) is 0 Å². The van der Waals surface area contributed by atoms with Gasteiger partial charge in [0.25, 0.3) is 0 Å². The van der Waals surface area contributed by atoms with Gasteiger partial charge in [0, 0.05) is 17.9 Å². The van der Waals surface area contributed by atoms with Crippen molar-refractivity contribution in [3.8, 4) is 0 Å². The van der Waals surface area contributed by atoms with Crippen molar-refractivity contribution in [2.75, 3.05) is 18.5 Å². The summed E-state index contributed by atoms with van der Waals surface area (Å²) in [6.07, 6.45) is 1.69. The Morgan fingerprint density at radius 1 is 0.947 bits per heavy atom. The topological polar surface area (TPSA) is 64.7 Å². The molecule has 2 fully saturated rings. The first-order chi connectivity index (χ1) is 18.2. The molecule has 1 heterocycles. The van der Waals surface area contributed by atoms with Crippen LogP contribution < -0.4 is 15.5 Å². The van der Waals surface area contributed by atoms with Crippen LogP contribution in [0.3, 0.4) is 0 Å². The zero-order chi connectivity index (χ0) is 27.3. The van der Waals surface area contributed by atoms with E-state index in [0.29, 0.717) is 23.4 Å². The lowest BCUT2D eigenvalue weighted by Gasteiger charge is -2.36. The first kappa shape index (κ1) is 28.0. The fourth-order valence-corrected chi connectivity index (χ4v) is 5.70. The third-order valence-corrected chi connectivity index (χ3v) is 7.83. The summed E-state index contributed by atoms with van der Waals surface area (Å²) in [7, 11) is 1.70. The number of benzene rings is 2. The molecule has 9 heteroatoms. The second-order valence-electron chi connectivity index (χ2n) is 10.3. The molecule has 2 N–H and O–H groups in total. The van der Waals surface area contributed by atoms with Crippen LogP contribution >= 0.6 is 0 Å². The number of likely N-dealkylation sites (tertiary alicyclic amines) is 1. The summed E-state index contributed by atoms with van der Waals surface area (Å²) in [5, 5.41) is 5.93. The Morgan fingerprint density at radius 2 is 1.63 bits per heavy atom. The van der Waals surface area contributed by atoms with Gasteiger partial charge < -0.3 is 15.5 Å². The monoisotopic (exact) mass is 530 g/mol. The molecule has 4 rings (SSSR count). The van der Waals surface area contributed by atoms with Crippen LogP contribution in [-0.2, 0) is 9.59 Å². The minimum absolute atomic E-state index is 0.000442. The van der Waals surface area contributed by atoms with E-state index in [-0.39, 0.29) is 35.1 Å². The molecule has 0 bridgehead atoms. The SMILES string of the molecule is CN[C@@H](C)C(=O)N[C@H](C(=O)N1CCC[C@@H]1c1cccc(N(c2ccccc2)C(F)(F)F)c1)C1CCCCC1. The number of halogens is 3. The number of anilines is 2. The number of amides is 2. The molecule has 0 unspecified atom stereocenters. The molecular formula is C29H37F3N4O2. The highest BCUT2D eigenvalue weighted by Gasteiger charge is 2.41. The summed E-state index contributed by atoms with van der Waals surface area (Å²) in [6, 6.07) is 12.6. The number of carbonyl (C=O) groups is 2. The number of alkyl halides is 3. The number of hydrogen-bond donors (Lipinski definition) is 2. The van der Waals surface area contributed by atoms with E-state index >= 15 is 0 Å². The van der Waals surface area contributed by atoms with Crippen molar-refractivity contribution in [2.45, 2.75) is 76.3 Å². The van der Waals surface area contributed by atoms with E-state index in [1.807, 2.05) is 0 Å². The lowest BCUT2D eigenvalue weighted by Crippen LogP contribution is -2.55. The Labute approximate surface area is 222 Å². The summed E-state index contributed by atoms with van der Waals surface area (Å²) in [4.78, 5) is 28.9. The minimum atomic E-state index is -4.62. The van der Waals surface area contributed by atoms with Gasteiger partial charge in [0.2, 0.25) is 11.8 Å². The van der Waals surface area contributed by atoms with E-state index < -0.39 is 18.4 Å². The van der Waals surface area contributed by atoms with Gasteiger partial charge in [-0.3, -0.25) is 14.5 Å². The molecule has 206 valence electrons. The Balaban J connectivity index is 1.62. The van der Waals surface area contributed by atoms with E-state index in [9.17, 15) is 22.8 Å². The standard InChI is InChI=1S/C29H37F3N4O2/c1-20(33-2)27(37)34-26(21-11-5-3-6-12-21)28(38)35-18-10-17-25(35)22-13-9-16-24(19-22)36(29(30,31)32)23-14-7-4-8-15-23/h4,7-9,13-16,19-21,25-26,33H,3,5-6,10-12,17-18H2,1-2H3,(H,34,37)/t20-,25+,26-/m0/s1. The highest BCUT2D eigenvalue weighted by Crippen LogP contribution is 2.40. The van der Waals surface area contributed by atoms with Gasteiger partial charge in [-0.05, 0) is 75.4 Å². The number of likely N-dealkylation sites (N-methyl/N-ethyl adjacent to an activating group) is 1. The van der Waals surface area contributed by atoms with Gasteiger partial charge in [0.05, 0.1) is 12.1 Å². The number of hydrogen-bond acceptors (Lipinski definition) is 4. The van der Waals surface area contributed by atoms with E-state index in [0.717, 1.165) is 38.5 Å². The second-order valence-corrected chi connectivity index (χ2v) is 10.3. The van der Waals surface area contributed by atoms with E-state index in [1.54, 1.807) is 49.2 Å². The third kappa shape index (κ3) is 6.31. The normalized spacial score (nSPS) is 20.1. The van der Waals surface area contributed by atoms with Crippen LogP contribution in [0.15, 0.2) is 54.6 Å². The molecule has 2 aromatic carbocycles. The van der Waals surface area contributed by atoms with Crippen LogP contribution in [0.4, 0.5) is 24.5 Å². The van der Waals surface area contributed by atoms with Crippen LogP contribution in [0.5, 0.6) is 0 Å². The average molecular weight is 531 g/mol. The average Bonchev–Trinajstić information content (AvgIpc) is 3.41. The fraction of sp³-hybridized carbons (Fsp3) is 0.517. The largest absolute Gasteiger partial charge is 0.489 e. The Kier molecular flexibility index (Phi) is 8.97. The number of carbonyl (C=O) groups excluding carboxylic acids is 2. The van der Waals surface area contributed by atoms with E-state index in [2.05, 4.69) is 10.6 Å². The lowest BCUT2D eigenvalue weighted by molar-refractivity contribution is -0.139. The van der Waals surface area contributed by atoms with Gasteiger partial charge in [0.1, 0.15) is 6.04 Å². The summed E-state index contributed by atoms with van der Waals surface area (Å²) in [5.74, 6) is -0.314. The molecule has 1 saturated heterocycles. The molecular weight excluding hydrogens is 493 g/mol. The first-order valence-electron chi connectivity index (χ1n) is 13.5. The van der Waals surface area contributed by atoms with Crippen molar-refractivity contribution < 1.29 is 22.8 Å². The summed E-state index contributed by atoms with van der Waals surface area (Å²) >= 11 is 0. The second kappa shape index (κ2) is 12.2. The van der Waals surface area contributed by atoms with Crippen LogP contribution in [0, 0.1) is 5.92 Å². The van der Waals surface area contributed by atoms with Gasteiger partial charge in [-0.1, -0.05) is 49.6 Å². The van der Waals surface area contributed by atoms with Gasteiger partial charge in [-0.2, -0.15) is 0 Å². The van der Waals surface area contributed by atoms with Gasteiger partial charge in [0.15, 0.2) is 0 Å². The minimum Gasteiger partial charge on any atom is -0.343 e. The van der Waals surface area contributed by atoms with Crippen molar-refractivity contribution in [3.63, 3.8) is 0 Å². The zero-order valence-corrected chi connectivity index (χ0v) is 22.0. The van der Waals surface area contributed by atoms with Crippen molar-refractivity contribution >= 4 is 23.2 Å². The maximum Gasteiger partial charge on any atom is 0.489 e. The smallest absolute Gasteiger partial charge is 0.343 e. The van der Waals surface area contributed by atoms with Crippen LogP contribution in [0.2, 0.25) is 0 Å². The zero-order valence-electron chi connectivity index (χ0n) is 22.0. The maximum absolute atomic E-state index is 14.1. The lowest BCUT2D eigenvalue weighted by atomic mass is 9.83. The maximum atomic E-state index is 14.1. The molecule has 1 aliphatic heterocycles. The third-order valence-electron chi connectivity index (χ3n) is 7.83. The van der Waals surface area contributed by atoms with Gasteiger partial charge in [-0.25, -0.2) is 0 Å². The van der Waals surface area contributed by atoms with Crippen LogP contribution in [-0.4, -0.2) is 48.7 Å². The predicted molar refractivity (Wildman–Crippen MR) is 142 cm³/mol. The van der Waals surface area contributed by atoms with Crippen molar-refractivity contribution in [2.24, 2.45) is 5.92 Å². The quantitative estimate of drug-likeness (QED) is 0.431. The summed E-state index contributed by atoms with van der Waals surface area (Å²) < 4.78 is 42.4. The number of rotatable bonds is 8. The molecule has 6 nitrogen and oxygen atoms in total. The molecule has 2 aromatic rings. The van der Waals surface area contributed by atoms with Crippen molar-refractivity contribution in [1.29, 1.82) is 0 Å². The number of nitrogens with zero attached hydrogens (tertiary/aromatic N) is 2. The first-order valence-corrected chi connectivity index (χ1v) is 13.5. The van der Waals surface area contributed by atoms with Crippen molar-refractivity contribution in [3.05, 3.63) is 60.2 Å². The highest BCUT2D eigenvalue weighted by molar-refractivity contribution is 5.90. The van der Waals surface area contributed by atoms with Gasteiger partial charge in [-0.15, -0.1) is 13.2 Å². The van der Waals surface area contributed by atoms with Crippen LogP contribution in [0.25, 0.3) is 0 Å². The molecule has 38 heavy (non-hydrogen) atoms.